The van der Waals surface area contributed by atoms with Crippen LogP contribution in [0.3, 0.4) is 0 Å². The molecule has 0 saturated carbocycles. The molecule has 28 heavy (non-hydrogen) atoms. The fourth-order valence-corrected chi connectivity index (χ4v) is 3.98. The number of nitrogens with zero attached hydrogens (tertiary/aromatic N) is 2. The summed E-state index contributed by atoms with van der Waals surface area (Å²) < 4.78 is 0. The van der Waals surface area contributed by atoms with E-state index in [0.717, 1.165) is 10.4 Å². The number of rotatable bonds is 6. The average Bonchev–Trinajstić information content (AvgIpc) is 3.35. The van der Waals surface area contributed by atoms with Gasteiger partial charge in [-0.15, -0.1) is 11.3 Å². The summed E-state index contributed by atoms with van der Waals surface area (Å²) in [6.07, 6.45) is -0.753. The molecule has 3 amide bonds. The molecule has 2 heterocycles. The Bertz CT molecular complexity index is 853. The van der Waals surface area contributed by atoms with E-state index in [1.54, 1.807) is 12.1 Å². The van der Waals surface area contributed by atoms with Gasteiger partial charge in [-0.05, 0) is 30.5 Å². The second-order valence-corrected chi connectivity index (χ2v) is 7.70. The Morgan fingerprint density at radius 2 is 1.96 bits per heavy atom. The third kappa shape index (κ3) is 4.40. The van der Waals surface area contributed by atoms with Crippen LogP contribution < -0.4 is 11.1 Å². The molecular weight excluding hydrogens is 376 g/mol. The summed E-state index contributed by atoms with van der Waals surface area (Å²) in [4.78, 5) is 42.6. The van der Waals surface area contributed by atoms with E-state index in [1.165, 1.54) is 21.1 Å². The molecule has 1 atom stereocenters. The Hall–Kier alpha value is -2.71. The van der Waals surface area contributed by atoms with Gasteiger partial charge in [0.1, 0.15) is 0 Å². The first-order chi connectivity index (χ1) is 13.5. The molecule has 0 radical (unpaired) electrons. The molecule has 7 nitrogen and oxygen atoms in total. The zero-order valence-electron chi connectivity index (χ0n) is 15.8. The Morgan fingerprint density at radius 3 is 2.64 bits per heavy atom. The van der Waals surface area contributed by atoms with Gasteiger partial charge in [-0.25, -0.2) is 0 Å². The Kier molecular flexibility index (Phi) is 6.43. The first-order valence-electron chi connectivity index (χ1n) is 9.18. The van der Waals surface area contributed by atoms with E-state index >= 15 is 0 Å². The van der Waals surface area contributed by atoms with Crippen molar-refractivity contribution in [3.63, 3.8) is 0 Å². The average molecular weight is 401 g/mol. The molecule has 1 unspecified atom stereocenters. The topological polar surface area (TPSA) is 95.7 Å². The van der Waals surface area contributed by atoms with Crippen LogP contribution >= 0.6 is 11.3 Å². The zero-order chi connectivity index (χ0) is 20.1. The largest absolute Gasteiger partial charge is 0.351 e. The molecule has 1 saturated heterocycles. The standard InChI is InChI=1S/C20H24N4O3S/c1-14-4-2-5-15(12-14)20(27)24-10-9-23(19(24)18(26)22-8-7-21)17(25)13-16-6-3-11-28-16/h2-6,11-12,19H,7-10,13,21H2,1H3,(H,22,26). The van der Waals surface area contributed by atoms with Crippen LogP contribution in [0.4, 0.5) is 0 Å². The minimum atomic E-state index is -0.966. The zero-order valence-corrected chi connectivity index (χ0v) is 16.6. The van der Waals surface area contributed by atoms with Crippen LogP contribution in [0.1, 0.15) is 20.8 Å². The van der Waals surface area contributed by atoms with Gasteiger partial charge in [0, 0.05) is 36.6 Å². The maximum atomic E-state index is 13.1. The first kappa shape index (κ1) is 20.0. The van der Waals surface area contributed by atoms with Gasteiger partial charge in [-0.2, -0.15) is 0 Å². The lowest BCUT2D eigenvalue weighted by Gasteiger charge is -2.29. The van der Waals surface area contributed by atoms with Crippen molar-refractivity contribution in [3.05, 3.63) is 57.8 Å². The van der Waals surface area contributed by atoms with E-state index in [9.17, 15) is 14.4 Å². The molecule has 3 rings (SSSR count). The molecule has 1 aliphatic rings. The number of hydrogen-bond acceptors (Lipinski definition) is 5. The van der Waals surface area contributed by atoms with Crippen LogP contribution in [0.25, 0.3) is 0 Å². The predicted molar refractivity (Wildman–Crippen MR) is 108 cm³/mol. The third-order valence-corrected chi connectivity index (χ3v) is 5.48. The highest BCUT2D eigenvalue weighted by Gasteiger charge is 2.42. The molecule has 0 bridgehead atoms. The van der Waals surface area contributed by atoms with Crippen molar-refractivity contribution >= 4 is 29.1 Å². The summed E-state index contributed by atoms with van der Waals surface area (Å²) in [5.74, 6) is -0.818. The molecule has 0 spiro atoms. The van der Waals surface area contributed by atoms with Crippen molar-refractivity contribution in [2.24, 2.45) is 5.73 Å². The lowest BCUT2D eigenvalue weighted by molar-refractivity contribution is -0.140. The van der Waals surface area contributed by atoms with Gasteiger partial charge in [-0.3, -0.25) is 14.4 Å². The van der Waals surface area contributed by atoms with Gasteiger partial charge >= 0.3 is 0 Å². The van der Waals surface area contributed by atoms with Gasteiger partial charge < -0.3 is 20.9 Å². The second-order valence-electron chi connectivity index (χ2n) is 6.66. The van der Waals surface area contributed by atoms with Crippen LogP contribution in [0.5, 0.6) is 0 Å². The van der Waals surface area contributed by atoms with E-state index < -0.39 is 6.17 Å². The number of nitrogens with two attached hydrogens (primary N) is 1. The smallest absolute Gasteiger partial charge is 0.263 e. The Morgan fingerprint density at radius 1 is 1.18 bits per heavy atom. The van der Waals surface area contributed by atoms with Gasteiger partial charge in [0.25, 0.3) is 11.8 Å². The number of hydrogen-bond donors (Lipinski definition) is 2. The van der Waals surface area contributed by atoms with E-state index in [0.29, 0.717) is 18.7 Å². The number of thiophene rings is 1. The minimum Gasteiger partial charge on any atom is -0.351 e. The molecule has 1 aromatic heterocycles. The SMILES string of the molecule is Cc1cccc(C(=O)N2CCN(C(=O)Cc3cccs3)C2C(=O)NCCN)c1. The molecule has 1 aliphatic heterocycles. The third-order valence-electron chi connectivity index (χ3n) is 4.60. The highest BCUT2D eigenvalue weighted by molar-refractivity contribution is 7.10. The van der Waals surface area contributed by atoms with Crippen LogP contribution in [0.2, 0.25) is 0 Å². The Labute approximate surface area is 168 Å². The summed E-state index contributed by atoms with van der Waals surface area (Å²) in [6.45, 7) is 3.11. The van der Waals surface area contributed by atoms with Gasteiger partial charge in [0.05, 0.1) is 6.42 Å². The molecule has 148 valence electrons. The highest BCUT2D eigenvalue weighted by Crippen LogP contribution is 2.21. The Balaban J connectivity index is 1.83. The van der Waals surface area contributed by atoms with Crippen LogP contribution in [-0.2, 0) is 16.0 Å². The van der Waals surface area contributed by atoms with E-state index in [1.807, 2.05) is 36.6 Å². The number of benzene rings is 1. The van der Waals surface area contributed by atoms with E-state index in [2.05, 4.69) is 5.32 Å². The van der Waals surface area contributed by atoms with Gasteiger partial charge in [-0.1, -0.05) is 23.8 Å². The van der Waals surface area contributed by atoms with Crippen molar-refractivity contribution in [2.75, 3.05) is 26.2 Å². The summed E-state index contributed by atoms with van der Waals surface area (Å²) in [7, 11) is 0. The second kappa shape index (κ2) is 8.99. The van der Waals surface area contributed by atoms with Crippen LogP contribution in [0, 0.1) is 6.92 Å². The summed E-state index contributed by atoms with van der Waals surface area (Å²) in [5.41, 5.74) is 6.95. The maximum Gasteiger partial charge on any atom is 0.263 e. The van der Waals surface area contributed by atoms with Gasteiger partial charge in [0.15, 0.2) is 6.17 Å². The number of amides is 3. The number of carbonyl (C=O) groups is 3. The fourth-order valence-electron chi connectivity index (χ4n) is 3.28. The van der Waals surface area contributed by atoms with Crippen LogP contribution in [0.15, 0.2) is 41.8 Å². The van der Waals surface area contributed by atoms with Crippen molar-refractivity contribution in [1.82, 2.24) is 15.1 Å². The maximum absolute atomic E-state index is 13.1. The number of nitrogens with one attached hydrogen (secondary N) is 1. The lowest BCUT2D eigenvalue weighted by atomic mass is 10.1. The molecule has 8 heteroatoms. The van der Waals surface area contributed by atoms with Crippen molar-refractivity contribution in [1.29, 1.82) is 0 Å². The molecule has 0 aliphatic carbocycles. The summed E-state index contributed by atoms with van der Waals surface area (Å²) in [6, 6.07) is 11.0. The molecule has 2 aromatic rings. The van der Waals surface area contributed by atoms with Crippen molar-refractivity contribution < 1.29 is 14.4 Å². The first-order valence-corrected chi connectivity index (χ1v) is 10.1. The summed E-state index contributed by atoms with van der Waals surface area (Å²) in [5, 5.41) is 4.62. The lowest BCUT2D eigenvalue weighted by Crippen LogP contribution is -2.54. The monoisotopic (exact) mass is 400 g/mol. The normalized spacial score (nSPS) is 16.3. The van der Waals surface area contributed by atoms with E-state index in [-0.39, 0.29) is 37.2 Å². The molecule has 1 aromatic carbocycles. The molecular formula is C20H24N4O3S. The molecule has 3 N–H and O–H groups in total. The van der Waals surface area contributed by atoms with E-state index in [4.69, 9.17) is 5.73 Å². The number of carbonyl (C=O) groups excluding carboxylic acids is 3. The molecule has 1 fully saturated rings. The summed E-state index contributed by atoms with van der Waals surface area (Å²) >= 11 is 1.49. The number of aryl methyl sites for hydroxylation is 1. The predicted octanol–water partition coefficient (Wildman–Crippen LogP) is 0.985. The van der Waals surface area contributed by atoms with Gasteiger partial charge in [0.2, 0.25) is 5.91 Å². The van der Waals surface area contributed by atoms with Crippen molar-refractivity contribution in [3.8, 4) is 0 Å². The van der Waals surface area contributed by atoms with Crippen molar-refractivity contribution in [2.45, 2.75) is 19.5 Å². The quantitative estimate of drug-likeness (QED) is 0.756. The highest BCUT2D eigenvalue weighted by atomic mass is 32.1. The fraction of sp³-hybridized carbons (Fsp3) is 0.350. The minimum absolute atomic E-state index is 0.171. The van der Waals surface area contributed by atoms with Crippen LogP contribution in [-0.4, -0.2) is 59.9 Å².